The van der Waals surface area contributed by atoms with E-state index in [1.807, 2.05) is 4.90 Å². The van der Waals surface area contributed by atoms with Gasteiger partial charge in [0, 0.05) is 57.9 Å². The van der Waals surface area contributed by atoms with Crippen LogP contribution in [0, 0.1) is 0 Å². The fraction of sp³-hybridized carbons (Fsp3) is 0.667. The number of carbonyl (C=O) groups excluding carboxylic acids is 1. The van der Waals surface area contributed by atoms with Gasteiger partial charge in [-0.3, -0.25) is 4.90 Å². The van der Waals surface area contributed by atoms with E-state index in [0.717, 1.165) is 70.9 Å². The smallest absolute Gasteiger partial charge is 0.317 e. The van der Waals surface area contributed by atoms with Crippen molar-refractivity contribution < 1.29 is 14.3 Å². The van der Waals surface area contributed by atoms with Crippen molar-refractivity contribution in [2.24, 2.45) is 0 Å². The third kappa shape index (κ3) is 4.38. The SMILES string of the molecule is C[C@H]1CN(C2CCOCC2)CCN1C(=O)NCCc1ccc2c(c1)CCO2. The fourth-order valence-electron chi connectivity index (χ4n) is 4.48. The quantitative estimate of drug-likeness (QED) is 0.878. The van der Waals surface area contributed by atoms with E-state index in [9.17, 15) is 4.79 Å². The zero-order chi connectivity index (χ0) is 18.6. The lowest BCUT2D eigenvalue weighted by atomic mass is 10.0. The molecule has 2 saturated heterocycles. The summed E-state index contributed by atoms with van der Waals surface area (Å²) in [7, 11) is 0. The lowest BCUT2D eigenvalue weighted by Crippen LogP contribution is -2.59. The van der Waals surface area contributed by atoms with Gasteiger partial charge in [-0.2, -0.15) is 0 Å². The van der Waals surface area contributed by atoms with Crippen LogP contribution in [0.2, 0.25) is 0 Å². The highest BCUT2D eigenvalue weighted by Crippen LogP contribution is 2.26. The molecule has 0 unspecified atom stereocenters. The van der Waals surface area contributed by atoms with Crippen molar-refractivity contribution in [3.63, 3.8) is 0 Å². The molecule has 4 rings (SSSR count). The Morgan fingerprint density at radius 1 is 1.22 bits per heavy atom. The number of nitrogens with one attached hydrogen (secondary N) is 1. The second-order valence-corrected chi connectivity index (χ2v) is 7.90. The Morgan fingerprint density at radius 3 is 2.89 bits per heavy atom. The number of hydrogen-bond acceptors (Lipinski definition) is 4. The number of benzene rings is 1. The van der Waals surface area contributed by atoms with E-state index in [1.165, 1.54) is 11.1 Å². The van der Waals surface area contributed by atoms with E-state index in [4.69, 9.17) is 9.47 Å². The second kappa shape index (κ2) is 8.48. The first-order chi connectivity index (χ1) is 13.2. The molecule has 148 valence electrons. The van der Waals surface area contributed by atoms with Gasteiger partial charge in [-0.05, 0) is 43.4 Å². The van der Waals surface area contributed by atoms with E-state index < -0.39 is 0 Å². The van der Waals surface area contributed by atoms with Crippen molar-refractivity contribution in [3.05, 3.63) is 29.3 Å². The zero-order valence-corrected chi connectivity index (χ0v) is 16.3. The molecule has 3 aliphatic heterocycles. The molecule has 2 amide bonds. The van der Waals surface area contributed by atoms with Crippen LogP contribution in [0.25, 0.3) is 0 Å². The van der Waals surface area contributed by atoms with Gasteiger partial charge in [-0.25, -0.2) is 4.79 Å². The number of amides is 2. The van der Waals surface area contributed by atoms with Crippen molar-refractivity contribution in [2.45, 2.75) is 44.7 Å². The molecule has 3 aliphatic rings. The van der Waals surface area contributed by atoms with Crippen LogP contribution < -0.4 is 10.1 Å². The number of rotatable bonds is 4. The van der Waals surface area contributed by atoms with Gasteiger partial charge in [0.25, 0.3) is 0 Å². The molecule has 1 N–H and O–H groups in total. The molecule has 6 heteroatoms. The minimum absolute atomic E-state index is 0.0682. The molecule has 0 aromatic heterocycles. The van der Waals surface area contributed by atoms with Gasteiger partial charge in [-0.1, -0.05) is 12.1 Å². The van der Waals surface area contributed by atoms with Crippen LogP contribution in [0.1, 0.15) is 30.9 Å². The molecule has 0 saturated carbocycles. The first-order valence-corrected chi connectivity index (χ1v) is 10.3. The summed E-state index contributed by atoms with van der Waals surface area (Å²) < 4.78 is 11.0. The van der Waals surface area contributed by atoms with Crippen molar-refractivity contribution >= 4 is 6.03 Å². The summed E-state index contributed by atoms with van der Waals surface area (Å²) in [5.74, 6) is 1.01. The van der Waals surface area contributed by atoms with Crippen LogP contribution in [-0.4, -0.2) is 73.9 Å². The standard InChI is InChI=1S/C21H31N3O3/c1-16-15-23(19-6-11-26-12-7-19)9-10-24(16)21(25)22-8-4-17-2-3-20-18(14-17)5-13-27-20/h2-3,14,16,19H,4-13,15H2,1H3,(H,22,25)/t16-/m0/s1. The van der Waals surface area contributed by atoms with E-state index in [0.29, 0.717) is 12.6 Å². The summed E-state index contributed by atoms with van der Waals surface area (Å²) in [6.45, 7) is 8.09. The number of carbonyl (C=O) groups is 1. The van der Waals surface area contributed by atoms with Gasteiger partial charge < -0.3 is 19.7 Å². The molecular formula is C21H31N3O3. The van der Waals surface area contributed by atoms with Crippen molar-refractivity contribution in [3.8, 4) is 5.75 Å². The van der Waals surface area contributed by atoms with Crippen LogP contribution in [0.3, 0.4) is 0 Å². The van der Waals surface area contributed by atoms with E-state index in [2.05, 4.69) is 35.3 Å². The average Bonchev–Trinajstić information content (AvgIpc) is 3.16. The number of nitrogens with zero attached hydrogens (tertiary/aromatic N) is 2. The maximum Gasteiger partial charge on any atom is 0.317 e. The lowest BCUT2D eigenvalue weighted by molar-refractivity contribution is 0.00704. The number of piperazine rings is 1. The van der Waals surface area contributed by atoms with Crippen LogP contribution in [0.15, 0.2) is 18.2 Å². The average molecular weight is 373 g/mol. The summed E-state index contributed by atoms with van der Waals surface area (Å²) >= 11 is 0. The third-order valence-corrected chi connectivity index (χ3v) is 6.07. The van der Waals surface area contributed by atoms with E-state index in [-0.39, 0.29) is 12.1 Å². The largest absolute Gasteiger partial charge is 0.493 e. The first kappa shape index (κ1) is 18.6. The molecule has 1 aromatic rings. The molecule has 2 fully saturated rings. The first-order valence-electron chi connectivity index (χ1n) is 10.3. The van der Waals surface area contributed by atoms with Gasteiger partial charge in [0.2, 0.25) is 0 Å². The molecule has 0 bridgehead atoms. The molecule has 27 heavy (non-hydrogen) atoms. The topological polar surface area (TPSA) is 54.0 Å². The summed E-state index contributed by atoms with van der Waals surface area (Å²) in [4.78, 5) is 17.2. The summed E-state index contributed by atoms with van der Waals surface area (Å²) in [5.41, 5.74) is 2.55. The van der Waals surface area contributed by atoms with Gasteiger partial charge >= 0.3 is 6.03 Å². The van der Waals surface area contributed by atoms with Gasteiger partial charge in [0.05, 0.1) is 6.61 Å². The Balaban J connectivity index is 1.23. The maximum absolute atomic E-state index is 12.6. The minimum atomic E-state index is 0.0682. The molecule has 0 aliphatic carbocycles. The molecule has 0 spiro atoms. The van der Waals surface area contributed by atoms with Gasteiger partial charge in [0.1, 0.15) is 5.75 Å². The van der Waals surface area contributed by atoms with Crippen LogP contribution in [0.4, 0.5) is 4.79 Å². The second-order valence-electron chi connectivity index (χ2n) is 7.90. The Bertz CT molecular complexity index is 660. The summed E-state index contributed by atoms with van der Waals surface area (Å²) in [5, 5.41) is 3.11. The lowest BCUT2D eigenvalue weighted by Gasteiger charge is -2.44. The zero-order valence-electron chi connectivity index (χ0n) is 16.3. The Morgan fingerprint density at radius 2 is 2.07 bits per heavy atom. The highest BCUT2D eigenvalue weighted by molar-refractivity contribution is 5.74. The minimum Gasteiger partial charge on any atom is -0.493 e. The summed E-state index contributed by atoms with van der Waals surface area (Å²) in [6, 6.07) is 7.31. The van der Waals surface area contributed by atoms with Crippen LogP contribution >= 0.6 is 0 Å². The van der Waals surface area contributed by atoms with E-state index in [1.54, 1.807) is 0 Å². The number of fused-ring (bicyclic) bond motifs is 1. The molecule has 1 atom stereocenters. The van der Waals surface area contributed by atoms with Crippen molar-refractivity contribution in [2.75, 3.05) is 46.0 Å². The maximum atomic E-state index is 12.6. The molecule has 0 radical (unpaired) electrons. The highest BCUT2D eigenvalue weighted by atomic mass is 16.5. The number of hydrogen-bond donors (Lipinski definition) is 1. The molecular weight excluding hydrogens is 342 g/mol. The molecule has 1 aromatic carbocycles. The van der Waals surface area contributed by atoms with Crippen molar-refractivity contribution in [1.29, 1.82) is 0 Å². The monoisotopic (exact) mass is 373 g/mol. The molecule has 6 nitrogen and oxygen atoms in total. The molecule has 3 heterocycles. The predicted octanol–water partition coefficient (Wildman–Crippen LogP) is 2.06. The Kier molecular flexibility index (Phi) is 5.83. The fourth-order valence-corrected chi connectivity index (χ4v) is 4.48. The Labute approximate surface area is 161 Å². The van der Waals surface area contributed by atoms with Crippen molar-refractivity contribution in [1.82, 2.24) is 15.1 Å². The normalized spacial score (nSPS) is 23.7. The number of urea groups is 1. The third-order valence-electron chi connectivity index (χ3n) is 6.07. The Hall–Kier alpha value is -1.79. The van der Waals surface area contributed by atoms with Crippen LogP contribution in [0.5, 0.6) is 5.75 Å². The van der Waals surface area contributed by atoms with Crippen LogP contribution in [-0.2, 0) is 17.6 Å². The van der Waals surface area contributed by atoms with Gasteiger partial charge in [-0.15, -0.1) is 0 Å². The predicted molar refractivity (Wildman–Crippen MR) is 104 cm³/mol. The highest BCUT2D eigenvalue weighted by Gasteiger charge is 2.31. The van der Waals surface area contributed by atoms with Gasteiger partial charge in [0.15, 0.2) is 0 Å². The summed E-state index contributed by atoms with van der Waals surface area (Å²) in [6.07, 6.45) is 4.08. The van der Waals surface area contributed by atoms with E-state index >= 15 is 0 Å². The number of ether oxygens (including phenoxy) is 2.